The van der Waals surface area contributed by atoms with Crippen LogP contribution in [0.1, 0.15) is 54.2 Å². The Kier molecular flexibility index (Phi) is 7.76. The normalized spacial score (nSPS) is 15.1. The number of allylic oxidation sites excluding steroid dienone is 3. The lowest BCUT2D eigenvalue weighted by molar-refractivity contribution is -0.113. The molecular weight excluding hydrogens is 433 g/mol. The Morgan fingerprint density at radius 2 is 1.91 bits per heavy atom. The molecule has 2 N–H and O–H groups in total. The molecule has 0 aromatic heterocycles. The smallest absolute Gasteiger partial charge is 0.257 e. The van der Waals surface area contributed by atoms with Gasteiger partial charge >= 0.3 is 0 Å². The summed E-state index contributed by atoms with van der Waals surface area (Å²) in [6.45, 7) is 5.75. The molecule has 0 bridgehead atoms. The molecule has 6 nitrogen and oxygen atoms in total. The van der Waals surface area contributed by atoms with Gasteiger partial charge in [0.05, 0.1) is 30.1 Å². The van der Waals surface area contributed by atoms with Crippen molar-refractivity contribution in [2.24, 2.45) is 0 Å². The van der Waals surface area contributed by atoms with Crippen LogP contribution in [-0.2, 0) is 4.79 Å². The quantitative estimate of drug-likeness (QED) is 0.503. The van der Waals surface area contributed by atoms with Crippen LogP contribution in [0.2, 0.25) is 0 Å². The summed E-state index contributed by atoms with van der Waals surface area (Å²) in [5, 5.41) is 6.68. The van der Waals surface area contributed by atoms with Crippen molar-refractivity contribution < 1.29 is 18.7 Å². The number of nitrogens with one attached hydrogen (secondary N) is 2. The molecule has 2 aromatic carbocycles. The summed E-state index contributed by atoms with van der Waals surface area (Å²) < 4.78 is 19.3. The van der Waals surface area contributed by atoms with Gasteiger partial charge in [0.2, 0.25) is 5.78 Å². The standard InChI is InChI=1S/C27H32FN3O3/c1-7-10-18-23(29-21(8-2)17-13-14-20(28)16(3)15-17)24(25(18)32)30-22-12-9-11-19(26(22)34-6)27(33)31(4)5/h9-15,21,29-30H,7-8H2,1-6H3/b18-10-. The first kappa shape index (κ1) is 25.0. The molecule has 0 saturated heterocycles. The third-order valence-corrected chi connectivity index (χ3v) is 5.83. The van der Waals surface area contributed by atoms with Crippen LogP contribution in [0.15, 0.2) is 59.4 Å². The van der Waals surface area contributed by atoms with Gasteiger partial charge in [-0.15, -0.1) is 0 Å². The van der Waals surface area contributed by atoms with E-state index in [1.54, 1.807) is 45.3 Å². The number of nitrogens with zero attached hydrogens (tertiary/aromatic N) is 1. The molecule has 0 fully saturated rings. The largest absolute Gasteiger partial charge is 0.494 e. The van der Waals surface area contributed by atoms with Crippen LogP contribution in [-0.4, -0.2) is 37.8 Å². The highest BCUT2D eigenvalue weighted by Crippen LogP contribution is 2.37. The molecule has 0 spiro atoms. The van der Waals surface area contributed by atoms with Gasteiger partial charge in [-0.1, -0.05) is 38.1 Å². The highest BCUT2D eigenvalue weighted by Gasteiger charge is 2.35. The van der Waals surface area contributed by atoms with Crippen molar-refractivity contribution in [1.82, 2.24) is 10.2 Å². The summed E-state index contributed by atoms with van der Waals surface area (Å²) >= 11 is 0. The van der Waals surface area contributed by atoms with E-state index in [0.717, 1.165) is 12.0 Å². The molecule has 0 aliphatic heterocycles. The zero-order chi connectivity index (χ0) is 25.0. The van der Waals surface area contributed by atoms with Crippen molar-refractivity contribution >= 4 is 17.4 Å². The van der Waals surface area contributed by atoms with E-state index in [-0.39, 0.29) is 23.5 Å². The molecule has 7 heteroatoms. The van der Waals surface area contributed by atoms with Gasteiger partial charge in [-0.2, -0.15) is 0 Å². The van der Waals surface area contributed by atoms with Gasteiger partial charge in [-0.3, -0.25) is 9.59 Å². The van der Waals surface area contributed by atoms with Gasteiger partial charge in [0.25, 0.3) is 5.91 Å². The number of halogens is 1. The second-order valence-electron chi connectivity index (χ2n) is 8.43. The third-order valence-electron chi connectivity index (χ3n) is 5.83. The SMILES string of the molecule is CC/C=C1\C(=O)C(Nc2cccc(C(=O)N(C)C)c2OC)=C1NC(CC)c1ccc(F)c(C)c1. The van der Waals surface area contributed by atoms with Gasteiger partial charge in [-0.25, -0.2) is 4.39 Å². The Balaban J connectivity index is 2.01. The maximum Gasteiger partial charge on any atom is 0.257 e. The molecule has 1 atom stereocenters. The van der Waals surface area contributed by atoms with Gasteiger partial charge in [0.15, 0.2) is 5.75 Å². The summed E-state index contributed by atoms with van der Waals surface area (Å²) in [5.74, 6) is -0.183. The first-order valence-corrected chi connectivity index (χ1v) is 11.4. The lowest BCUT2D eigenvalue weighted by Crippen LogP contribution is -2.37. The van der Waals surface area contributed by atoms with E-state index in [9.17, 15) is 14.0 Å². The van der Waals surface area contributed by atoms with E-state index in [1.807, 2.05) is 26.0 Å². The highest BCUT2D eigenvalue weighted by atomic mass is 19.1. The van der Waals surface area contributed by atoms with E-state index in [4.69, 9.17) is 4.74 Å². The number of carbonyl (C=O) groups is 2. The molecule has 1 aliphatic rings. The van der Waals surface area contributed by atoms with Crippen LogP contribution in [0.5, 0.6) is 5.75 Å². The van der Waals surface area contributed by atoms with Crippen molar-refractivity contribution in [3.05, 3.63) is 81.9 Å². The minimum absolute atomic E-state index is 0.108. The van der Waals surface area contributed by atoms with Gasteiger partial charge < -0.3 is 20.3 Å². The highest BCUT2D eigenvalue weighted by molar-refractivity contribution is 6.21. The molecule has 34 heavy (non-hydrogen) atoms. The van der Waals surface area contributed by atoms with Crippen molar-refractivity contribution in [1.29, 1.82) is 0 Å². The van der Waals surface area contributed by atoms with Crippen molar-refractivity contribution in [3.8, 4) is 5.75 Å². The predicted octanol–water partition coefficient (Wildman–Crippen LogP) is 5.13. The summed E-state index contributed by atoms with van der Waals surface area (Å²) in [6, 6.07) is 10.2. The Labute approximate surface area is 200 Å². The molecule has 180 valence electrons. The molecule has 0 radical (unpaired) electrons. The van der Waals surface area contributed by atoms with Gasteiger partial charge in [0.1, 0.15) is 11.5 Å². The zero-order valence-electron chi connectivity index (χ0n) is 20.6. The Hall–Kier alpha value is -3.61. The monoisotopic (exact) mass is 465 g/mol. The lowest BCUT2D eigenvalue weighted by Gasteiger charge is -2.32. The van der Waals surface area contributed by atoms with Crippen LogP contribution in [0.25, 0.3) is 0 Å². The van der Waals surface area contributed by atoms with E-state index in [1.165, 1.54) is 18.1 Å². The number of amides is 1. The number of ketones is 1. The average Bonchev–Trinajstić information content (AvgIpc) is 2.83. The van der Waals surface area contributed by atoms with Crippen molar-refractivity contribution in [2.45, 2.75) is 39.7 Å². The number of aryl methyl sites for hydroxylation is 1. The summed E-state index contributed by atoms with van der Waals surface area (Å²) in [4.78, 5) is 27.1. The second kappa shape index (κ2) is 10.5. The maximum atomic E-state index is 13.8. The third kappa shape index (κ3) is 4.83. The van der Waals surface area contributed by atoms with Crippen LogP contribution in [0.4, 0.5) is 10.1 Å². The summed E-state index contributed by atoms with van der Waals surface area (Å²) in [7, 11) is 4.84. The van der Waals surface area contributed by atoms with Crippen molar-refractivity contribution in [3.63, 3.8) is 0 Å². The topological polar surface area (TPSA) is 70.7 Å². The van der Waals surface area contributed by atoms with Gasteiger partial charge in [0, 0.05) is 19.7 Å². The molecular formula is C27H32FN3O3. The predicted molar refractivity (Wildman–Crippen MR) is 132 cm³/mol. The van der Waals surface area contributed by atoms with E-state index in [2.05, 4.69) is 10.6 Å². The first-order valence-electron chi connectivity index (χ1n) is 11.4. The summed E-state index contributed by atoms with van der Waals surface area (Å²) in [6.07, 6.45) is 3.34. The number of rotatable bonds is 9. The van der Waals surface area contributed by atoms with Crippen LogP contribution >= 0.6 is 0 Å². The fourth-order valence-electron chi connectivity index (χ4n) is 3.98. The fraction of sp³-hybridized carbons (Fsp3) is 0.333. The molecule has 0 saturated carbocycles. The number of benzene rings is 2. The van der Waals surface area contributed by atoms with Crippen LogP contribution in [0.3, 0.4) is 0 Å². The van der Waals surface area contributed by atoms with E-state index in [0.29, 0.717) is 46.0 Å². The number of anilines is 1. The molecule has 2 aromatic rings. The number of hydrogen-bond donors (Lipinski definition) is 2. The summed E-state index contributed by atoms with van der Waals surface area (Å²) in [5.41, 5.74) is 4.17. The minimum atomic E-state index is -0.246. The van der Waals surface area contributed by atoms with Gasteiger partial charge in [-0.05, 0) is 49.1 Å². The van der Waals surface area contributed by atoms with E-state index >= 15 is 0 Å². The number of carbonyl (C=O) groups excluding carboxylic acids is 2. The Bertz CT molecular complexity index is 1170. The molecule has 1 unspecified atom stereocenters. The number of hydrogen-bond acceptors (Lipinski definition) is 5. The van der Waals surface area contributed by atoms with Crippen LogP contribution < -0.4 is 15.4 Å². The molecule has 1 aliphatic carbocycles. The molecule has 3 rings (SSSR count). The zero-order valence-corrected chi connectivity index (χ0v) is 20.6. The minimum Gasteiger partial charge on any atom is -0.494 e. The second-order valence-corrected chi connectivity index (χ2v) is 8.43. The number of methoxy groups -OCH3 is 1. The number of Topliss-reactive ketones (excluding diaryl/α,β-unsaturated/α-hetero) is 1. The Morgan fingerprint density at radius 1 is 1.18 bits per heavy atom. The number of para-hydroxylation sites is 1. The fourth-order valence-corrected chi connectivity index (χ4v) is 3.98. The van der Waals surface area contributed by atoms with Crippen LogP contribution in [0, 0.1) is 12.7 Å². The first-order chi connectivity index (χ1) is 16.2. The molecule has 0 heterocycles. The Morgan fingerprint density at radius 3 is 2.50 bits per heavy atom. The lowest BCUT2D eigenvalue weighted by atomic mass is 9.88. The maximum absolute atomic E-state index is 13.8. The van der Waals surface area contributed by atoms with Crippen molar-refractivity contribution in [2.75, 3.05) is 26.5 Å². The molecule has 1 amide bonds. The average molecular weight is 466 g/mol. The van der Waals surface area contributed by atoms with E-state index < -0.39 is 0 Å². The number of ether oxygens (including phenoxy) is 1.